The lowest BCUT2D eigenvalue weighted by atomic mass is 10.1. The number of carbonyl (C=O) groups is 1. The zero-order valence-corrected chi connectivity index (χ0v) is 19.5. The summed E-state index contributed by atoms with van der Waals surface area (Å²) in [6.07, 6.45) is 6.87. The van der Waals surface area contributed by atoms with Crippen molar-refractivity contribution in [3.63, 3.8) is 0 Å². The molecule has 0 saturated carbocycles. The largest absolute Gasteiger partial charge is 0.342 e. The Labute approximate surface area is 193 Å². The molecule has 0 radical (unpaired) electrons. The summed E-state index contributed by atoms with van der Waals surface area (Å²) < 4.78 is 3.70. The quantitative estimate of drug-likeness (QED) is 0.398. The van der Waals surface area contributed by atoms with Gasteiger partial charge in [0.05, 0.1) is 40.3 Å². The standard InChI is InChI=1S/C22H23N9OS/c1-12(2)17-9-25-29-31(17)16-7-15(22(32)27-14(4)20-24-11-26-28-20)10-30-18(8-23-21(16)30)19-6-5-13(3)33-19/h5-12,14H,1-4H3,(H,27,32)(H,24,26,28). The van der Waals surface area contributed by atoms with E-state index in [0.29, 0.717) is 22.7 Å². The second kappa shape index (κ2) is 8.24. The van der Waals surface area contributed by atoms with E-state index in [9.17, 15) is 4.79 Å². The molecule has 5 rings (SSSR count). The molecule has 1 amide bonds. The van der Waals surface area contributed by atoms with Gasteiger partial charge in [0.15, 0.2) is 11.5 Å². The van der Waals surface area contributed by atoms with Crippen LogP contribution in [0.5, 0.6) is 0 Å². The maximum atomic E-state index is 13.3. The van der Waals surface area contributed by atoms with Gasteiger partial charge in [0.1, 0.15) is 12.0 Å². The minimum absolute atomic E-state index is 0.193. The fourth-order valence-corrected chi connectivity index (χ4v) is 4.58. The molecule has 1 unspecified atom stereocenters. The SMILES string of the molecule is Cc1ccc(-c2cnc3c(-n4nncc4C(C)C)cc(C(=O)NC(C)c4nnc[nH]4)cn23)s1. The van der Waals surface area contributed by atoms with Crippen LogP contribution in [-0.4, -0.2) is 45.5 Å². The number of H-pyrrole nitrogens is 1. The maximum Gasteiger partial charge on any atom is 0.253 e. The number of nitrogens with zero attached hydrogens (tertiary/aromatic N) is 7. The van der Waals surface area contributed by atoms with E-state index < -0.39 is 0 Å². The fraction of sp³-hybridized carbons (Fsp3) is 0.273. The molecule has 0 bridgehead atoms. The van der Waals surface area contributed by atoms with Crippen LogP contribution in [0, 0.1) is 6.92 Å². The Bertz CT molecular complexity index is 1430. The Morgan fingerprint density at radius 3 is 2.73 bits per heavy atom. The molecular formula is C22H23N9OS. The number of aryl methyl sites for hydroxylation is 1. The highest BCUT2D eigenvalue weighted by Gasteiger charge is 2.21. The number of hydrogen-bond acceptors (Lipinski definition) is 7. The predicted molar refractivity (Wildman–Crippen MR) is 125 cm³/mol. The lowest BCUT2D eigenvalue weighted by Crippen LogP contribution is -2.28. The highest BCUT2D eigenvalue weighted by molar-refractivity contribution is 7.15. The summed E-state index contributed by atoms with van der Waals surface area (Å²) >= 11 is 1.68. The molecule has 1 atom stereocenters. The molecule has 2 N–H and O–H groups in total. The van der Waals surface area contributed by atoms with Crippen LogP contribution in [0.15, 0.2) is 43.1 Å². The molecule has 33 heavy (non-hydrogen) atoms. The summed E-state index contributed by atoms with van der Waals surface area (Å²) in [6, 6.07) is 5.61. The van der Waals surface area contributed by atoms with E-state index in [4.69, 9.17) is 0 Å². The molecule has 10 nitrogen and oxygen atoms in total. The number of fused-ring (bicyclic) bond motifs is 1. The zero-order valence-electron chi connectivity index (χ0n) is 18.6. The van der Waals surface area contributed by atoms with E-state index >= 15 is 0 Å². The minimum atomic E-state index is -0.334. The number of nitrogens with one attached hydrogen (secondary N) is 2. The van der Waals surface area contributed by atoms with Crippen molar-refractivity contribution < 1.29 is 4.79 Å². The molecule has 0 aliphatic carbocycles. The minimum Gasteiger partial charge on any atom is -0.342 e. The molecule has 5 aromatic rings. The number of rotatable bonds is 6. The lowest BCUT2D eigenvalue weighted by Gasteiger charge is -2.14. The van der Waals surface area contributed by atoms with Gasteiger partial charge in [-0.2, -0.15) is 0 Å². The Hall–Kier alpha value is -3.86. The van der Waals surface area contributed by atoms with Crippen molar-refractivity contribution in [3.05, 3.63) is 65.1 Å². The predicted octanol–water partition coefficient (Wildman–Crippen LogP) is 3.68. The summed E-state index contributed by atoms with van der Waals surface area (Å²) in [5, 5.41) is 19.2. The maximum absolute atomic E-state index is 13.3. The van der Waals surface area contributed by atoms with Crippen molar-refractivity contribution in [2.24, 2.45) is 0 Å². The van der Waals surface area contributed by atoms with Crippen molar-refractivity contribution >= 4 is 22.9 Å². The summed E-state index contributed by atoms with van der Waals surface area (Å²) in [5.41, 5.74) is 3.70. The second-order valence-corrected chi connectivity index (χ2v) is 9.44. The first kappa shape index (κ1) is 21.0. The fourth-order valence-electron chi connectivity index (χ4n) is 3.70. The number of aromatic amines is 1. The monoisotopic (exact) mass is 461 g/mol. The third-order valence-electron chi connectivity index (χ3n) is 5.43. The van der Waals surface area contributed by atoms with Crippen LogP contribution < -0.4 is 5.32 Å². The van der Waals surface area contributed by atoms with Gasteiger partial charge in [-0.1, -0.05) is 19.1 Å². The van der Waals surface area contributed by atoms with Gasteiger partial charge in [0.25, 0.3) is 5.91 Å². The Morgan fingerprint density at radius 2 is 2.03 bits per heavy atom. The Morgan fingerprint density at radius 1 is 1.18 bits per heavy atom. The molecule has 0 saturated heterocycles. The number of amides is 1. The average molecular weight is 462 g/mol. The van der Waals surface area contributed by atoms with E-state index in [1.807, 2.05) is 23.7 Å². The highest BCUT2D eigenvalue weighted by atomic mass is 32.1. The number of thiophene rings is 1. The van der Waals surface area contributed by atoms with Crippen molar-refractivity contribution in [1.29, 1.82) is 0 Å². The lowest BCUT2D eigenvalue weighted by molar-refractivity contribution is 0.0938. The first-order chi connectivity index (χ1) is 15.9. The van der Waals surface area contributed by atoms with Gasteiger partial charge in [0, 0.05) is 11.1 Å². The van der Waals surface area contributed by atoms with E-state index in [1.165, 1.54) is 11.2 Å². The highest BCUT2D eigenvalue weighted by Crippen LogP contribution is 2.31. The Balaban J connectivity index is 1.66. The molecule has 0 fully saturated rings. The van der Waals surface area contributed by atoms with Gasteiger partial charge in [-0.15, -0.1) is 26.6 Å². The first-order valence-electron chi connectivity index (χ1n) is 10.6. The van der Waals surface area contributed by atoms with E-state index in [1.54, 1.807) is 28.3 Å². The third-order valence-corrected chi connectivity index (χ3v) is 6.45. The van der Waals surface area contributed by atoms with Crippen molar-refractivity contribution in [2.75, 3.05) is 0 Å². The third kappa shape index (κ3) is 3.80. The molecule has 0 aliphatic heterocycles. The van der Waals surface area contributed by atoms with Gasteiger partial charge in [-0.25, -0.2) is 9.67 Å². The normalized spacial score (nSPS) is 12.5. The van der Waals surface area contributed by atoms with Crippen molar-refractivity contribution in [2.45, 2.75) is 39.7 Å². The van der Waals surface area contributed by atoms with E-state index in [0.717, 1.165) is 16.3 Å². The van der Waals surface area contributed by atoms with Gasteiger partial charge >= 0.3 is 0 Å². The topological polar surface area (TPSA) is 119 Å². The molecule has 11 heteroatoms. The first-order valence-corrected chi connectivity index (χ1v) is 11.4. The number of hydrogen-bond donors (Lipinski definition) is 2. The smallest absolute Gasteiger partial charge is 0.253 e. The summed E-state index contributed by atoms with van der Waals surface area (Å²) in [4.78, 5) is 23.2. The van der Waals surface area contributed by atoms with Crippen LogP contribution in [0.2, 0.25) is 0 Å². The molecule has 0 aromatic carbocycles. The van der Waals surface area contributed by atoms with Crippen LogP contribution in [0.25, 0.3) is 21.9 Å². The van der Waals surface area contributed by atoms with Crippen molar-refractivity contribution in [1.82, 2.24) is 44.9 Å². The summed E-state index contributed by atoms with van der Waals surface area (Å²) in [6.45, 7) is 8.07. The van der Waals surface area contributed by atoms with Gasteiger partial charge in [-0.3, -0.25) is 9.20 Å². The molecule has 0 aliphatic rings. The van der Waals surface area contributed by atoms with E-state index in [2.05, 4.69) is 68.7 Å². The number of aromatic nitrogens is 8. The number of carbonyl (C=O) groups excluding carboxylic acids is 1. The molecule has 5 heterocycles. The van der Waals surface area contributed by atoms with E-state index in [-0.39, 0.29) is 17.9 Å². The summed E-state index contributed by atoms with van der Waals surface area (Å²) in [5.74, 6) is 0.536. The zero-order chi connectivity index (χ0) is 23.1. The van der Waals surface area contributed by atoms with Crippen LogP contribution in [-0.2, 0) is 0 Å². The average Bonchev–Trinajstić information content (AvgIpc) is 3.59. The number of pyridine rings is 1. The van der Waals surface area contributed by atoms with Gasteiger partial charge in [0.2, 0.25) is 0 Å². The van der Waals surface area contributed by atoms with Crippen LogP contribution in [0.3, 0.4) is 0 Å². The van der Waals surface area contributed by atoms with Gasteiger partial charge in [-0.05, 0) is 38.0 Å². The molecule has 168 valence electrons. The Kier molecular flexibility index (Phi) is 5.25. The molecule has 0 spiro atoms. The second-order valence-electron chi connectivity index (χ2n) is 8.16. The van der Waals surface area contributed by atoms with Crippen LogP contribution in [0.1, 0.15) is 59.5 Å². The molecular weight excluding hydrogens is 438 g/mol. The van der Waals surface area contributed by atoms with Gasteiger partial charge < -0.3 is 10.3 Å². The van der Waals surface area contributed by atoms with Crippen LogP contribution >= 0.6 is 11.3 Å². The van der Waals surface area contributed by atoms with Crippen LogP contribution in [0.4, 0.5) is 0 Å². The molecule has 5 aromatic heterocycles. The summed E-state index contributed by atoms with van der Waals surface area (Å²) in [7, 11) is 0. The van der Waals surface area contributed by atoms with Crippen molar-refractivity contribution in [3.8, 4) is 16.3 Å². The number of imidazole rings is 1.